The van der Waals surface area contributed by atoms with E-state index in [0.717, 1.165) is 35.8 Å². The van der Waals surface area contributed by atoms with Crippen LogP contribution < -0.4 is 15.4 Å². The third-order valence-corrected chi connectivity index (χ3v) is 7.45. The minimum Gasteiger partial charge on any atom is -0.494 e. The fourth-order valence-electron chi connectivity index (χ4n) is 3.83. The maximum absolute atomic E-state index is 13.6. The van der Waals surface area contributed by atoms with Crippen molar-refractivity contribution in [2.45, 2.75) is 32.1 Å². The first-order valence-corrected chi connectivity index (χ1v) is 12.4. The Hall–Kier alpha value is -3.11. The first kappa shape index (κ1) is 22.7. The number of anilines is 1. The molecule has 1 unspecified atom stereocenters. The van der Waals surface area contributed by atoms with Crippen LogP contribution in [0.4, 0.5) is 18.9 Å². The van der Waals surface area contributed by atoms with E-state index in [1.165, 1.54) is 11.3 Å². The number of unbranched alkanes of at least 4 members (excludes halogenated alkanes) is 1. The second kappa shape index (κ2) is 8.92. The van der Waals surface area contributed by atoms with Crippen molar-refractivity contribution in [3.8, 4) is 16.2 Å². The number of fused-ring (bicyclic) bond motifs is 3. The molecule has 176 valence electrons. The number of ether oxygens (including phenoxy) is 1. The lowest BCUT2D eigenvalue weighted by molar-refractivity contribution is -0.140. The summed E-state index contributed by atoms with van der Waals surface area (Å²) in [4.78, 5) is 18.0. The monoisotopic (exact) mass is 503 g/mol. The highest BCUT2D eigenvalue weighted by Crippen LogP contribution is 2.46. The van der Waals surface area contributed by atoms with E-state index in [1.807, 2.05) is 24.3 Å². The molecule has 5 rings (SSSR count). The molecule has 1 atom stereocenters. The molecule has 3 aromatic heterocycles. The molecule has 1 aliphatic heterocycles. The molecule has 34 heavy (non-hydrogen) atoms. The average Bonchev–Trinajstić information content (AvgIpc) is 3.47. The number of rotatable bonds is 6. The number of aromatic nitrogens is 1. The summed E-state index contributed by atoms with van der Waals surface area (Å²) in [6.45, 7) is 2.68. The van der Waals surface area contributed by atoms with Crippen molar-refractivity contribution in [2.24, 2.45) is 0 Å². The van der Waals surface area contributed by atoms with Gasteiger partial charge in [-0.2, -0.15) is 13.2 Å². The van der Waals surface area contributed by atoms with Gasteiger partial charge < -0.3 is 15.4 Å². The fourth-order valence-corrected chi connectivity index (χ4v) is 5.64. The van der Waals surface area contributed by atoms with Gasteiger partial charge in [0.1, 0.15) is 27.3 Å². The molecule has 1 aliphatic rings. The minimum absolute atomic E-state index is 0.170. The van der Waals surface area contributed by atoms with Gasteiger partial charge in [-0.15, -0.1) is 22.7 Å². The number of nitrogens with zero attached hydrogens (tertiary/aromatic N) is 1. The lowest BCUT2D eigenvalue weighted by Crippen LogP contribution is -2.37. The van der Waals surface area contributed by atoms with E-state index >= 15 is 0 Å². The number of amides is 1. The predicted molar refractivity (Wildman–Crippen MR) is 129 cm³/mol. The van der Waals surface area contributed by atoms with Crippen molar-refractivity contribution in [3.63, 3.8) is 0 Å². The molecular formula is C24H20F3N3O2S2. The molecule has 5 nitrogen and oxygen atoms in total. The summed E-state index contributed by atoms with van der Waals surface area (Å²) < 4.78 is 46.5. The van der Waals surface area contributed by atoms with E-state index in [4.69, 9.17) is 4.74 Å². The average molecular weight is 504 g/mol. The summed E-state index contributed by atoms with van der Waals surface area (Å²) in [5, 5.41) is 8.55. The lowest BCUT2D eigenvalue weighted by atomic mass is 10.0. The molecule has 2 N–H and O–H groups in total. The van der Waals surface area contributed by atoms with Gasteiger partial charge in [0, 0.05) is 15.8 Å². The van der Waals surface area contributed by atoms with E-state index in [-0.39, 0.29) is 10.7 Å². The molecular weight excluding hydrogens is 483 g/mol. The number of carbonyl (C=O) groups is 1. The Kier molecular flexibility index (Phi) is 5.95. The predicted octanol–water partition coefficient (Wildman–Crippen LogP) is 7.08. The number of carbonyl (C=O) groups excluding carboxylic acids is 1. The van der Waals surface area contributed by atoms with Gasteiger partial charge >= 0.3 is 6.18 Å². The van der Waals surface area contributed by atoms with Gasteiger partial charge in [0.25, 0.3) is 5.91 Å². The minimum atomic E-state index is -4.60. The third-order valence-electron chi connectivity index (χ3n) is 5.47. The second-order valence-electron chi connectivity index (χ2n) is 7.84. The van der Waals surface area contributed by atoms with Crippen molar-refractivity contribution < 1.29 is 22.7 Å². The van der Waals surface area contributed by atoms with Crippen molar-refractivity contribution in [1.29, 1.82) is 0 Å². The van der Waals surface area contributed by atoms with Gasteiger partial charge in [-0.05, 0) is 41.6 Å². The molecule has 0 bridgehead atoms. The zero-order valence-electron chi connectivity index (χ0n) is 18.0. The van der Waals surface area contributed by atoms with Crippen LogP contribution in [0.1, 0.15) is 46.9 Å². The standard InChI is InChI=1S/C24H20F3N3O2S2/c1-2-3-9-32-14-7-4-6-13(11-14)21-29-19-18-15(16-8-5-10-33-16)12-17(24(25,26)27)28-23(18)34-20(19)22(31)30-21/h4-8,10-12,21,29H,2-3,9H2,1H3,(H,30,31). The Morgan fingerprint density at radius 1 is 1.15 bits per heavy atom. The fraction of sp³-hybridized carbons (Fsp3) is 0.250. The molecule has 1 amide bonds. The van der Waals surface area contributed by atoms with Crippen molar-refractivity contribution in [1.82, 2.24) is 10.3 Å². The maximum atomic E-state index is 13.6. The van der Waals surface area contributed by atoms with Gasteiger partial charge in [-0.3, -0.25) is 4.79 Å². The maximum Gasteiger partial charge on any atom is 0.433 e. The van der Waals surface area contributed by atoms with Crippen LogP contribution >= 0.6 is 22.7 Å². The van der Waals surface area contributed by atoms with E-state index in [2.05, 4.69) is 22.5 Å². The number of hydrogen-bond acceptors (Lipinski definition) is 6. The van der Waals surface area contributed by atoms with Crippen molar-refractivity contribution in [2.75, 3.05) is 11.9 Å². The highest BCUT2D eigenvalue weighted by Gasteiger charge is 2.36. The van der Waals surface area contributed by atoms with Crippen molar-refractivity contribution >= 4 is 44.5 Å². The summed E-state index contributed by atoms with van der Waals surface area (Å²) >= 11 is 2.30. The van der Waals surface area contributed by atoms with E-state index in [1.54, 1.807) is 17.5 Å². The van der Waals surface area contributed by atoms with E-state index < -0.39 is 18.0 Å². The molecule has 0 saturated heterocycles. The number of nitrogens with one attached hydrogen (secondary N) is 2. The summed E-state index contributed by atoms with van der Waals surface area (Å²) in [6.07, 6.45) is -3.21. The number of thiophene rings is 2. The first-order chi connectivity index (χ1) is 16.3. The Morgan fingerprint density at radius 2 is 2.00 bits per heavy atom. The largest absolute Gasteiger partial charge is 0.494 e. The van der Waals surface area contributed by atoms with Gasteiger partial charge in [0.05, 0.1) is 12.3 Å². The summed E-state index contributed by atoms with van der Waals surface area (Å²) in [5.74, 6) is 0.337. The third kappa shape index (κ3) is 4.23. The molecule has 0 radical (unpaired) electrons. The summed E-state index contributed by atoms with van der Waals surface area (Å²) in [6, 6.07) is 12.0. The molecule has 0 fully saturated rings. The smallest absolute Gasteiger partial charge is 0.433 e. The Morgan fingerprint density at radius 3 is 2.74 bits per heavy atom. The van der Waals surface area contributed by atoms with Crippen LogP contribution in [0.2, 0.25) is 0 Å². The SMILES string of the molecule is CCCCOc1cccc(C2NC(=O)c3sc4nc(C(F)(F)F)cc(-c5cccs5)c4c3N2)c1. The van der Waals surface area contributed by atoms with Crippen LogP contribution in [0.5, 0.6) is 5.75 Å². The number of alkyl halides is 3. The lowest BCUT2D eigenvalue weighted by Gasteiger charge is -2.27. The zero-order chi connectivity index (χ0) is 23.9. The Balaban J connectivity index is 1.59. The van der Waals surface area contributed by atoms with Gasteiger partial charge in [-0.25, -0.2) is 4.98 Å². The normalized spacial score (nSPS) is 15.6. The van der Waals surface area contributed by atoms with Crippen molar-refractivity contribution in [3.05, 3.63) is 64.0 Å². The molecule has 1 aromatic carbocycles. The molecule has 0 aliphatic carbocycles. The summed E-state index contributed by atoms with van der Waals surface area (Å²) in [5.41, 5.74) is 0.707. The Labute approximate surface area is 201 Å². The van der Waals surface area contributed by atoms with Crippen LogP contribution in [0, 0.1) is 0 Å². The summed E-state index contributed by atoms with van der Waals surface area (Å²) in [7, 11) is 0. The Bertz CT molecular complexity index is 1350. The zero-order valence-corrected chi connectivity index (χ0v) is 19.7. The van der Waals surface area contributed by atoms with Crippen LogP contribution in [-0.2, 0) is 6.18 Å². The number of pyridine rings is 1. The van der Waals surface area contributed by atoms with Crippen LogP contribution in [0.3, 0.4) is 0 Å². The molecule has 0 saturated carbocycles. The van der Waals surface area contributed by atoms with E-state index in [0.29, 0.717) is 38.7 Å². The highest BCUT2D eigenvalue weighted by atomic mass is 32.1. The quantitative estimate of drug-likeness (QED) is 0.276. The molecule has 0 spiro atoms. The molecule has 4 aromatic rings. The number of hydrogen-bond donors (Lipinski definition) is 2. The molecule has 4 heterocycles. The van der Waals surface area contributed by atoms with Crippen LogP contribution in [-0.4, -0.2) is 17.5 Å². The topological polar surface area (TPSA) is 63.2 Å². The van der Waals surface area contributed by atoms with Gasteiger partial charge in [0.2, 0.25) is 0 Å². The van der Waals surface area contributed by atoms with Crippen LogP contribution in [0.25, 0.3) is 20.7 Å². The van der Waals surface area contributed by atoms with Gasteiger partial charge in [-0.1, -0.05) is 31.5 Å². The second-order valence-corrected chi connectivity index (χ2v) is 9.79. The van der Waals surface area contributed by atoms with Gasteiger partial charge in [0.15, 0.2) is 0 Å². The van der Waals surface area contributed by atoms with Crippen LogP contribution in [0.15, 0.2) is 47.8 Å². The highest BCUT2D eigenvalue weighted by molar-refractivity contribution is 7.21. The van der Waals surface area contributed by atoms with E-state index in [9.17, 15) is 18.0 Å². The first-order valence-electron chi connectivity index (χ1n) is 10.7. The molecule has 10 heteroatoms. The number of halogens is 3. The number of benzene rings is 1.